The summed E-state index contributed by atoms with van der Waals surface area (Å²) in [5.74, 6) is 0. The lowest BCUT2D eigenvalue weighted by atomic mass is 9.87. The van der Waals surface area contributed by atoms with Gasteiger partial charge < -0.3 is 19.2 Å². The van der Waals surface area contributed by atoms with Crippen molar-refractivity contribution < 1.29 is 10.0 Å². The molecule has 0 bridgehead atoms. The minimum absolute atomic E-state index is 0.275. The molecule has 2 aromatic rings. The minimum Gasteiger partial charge on any atom is -0.422 e. The van der Waals surface area contributed by atoms with Gasteiger partial charge in [0.25, 0.3) is 0 Å². The fourth-order valence-corrected chi connectivity index (χ4v) is 1.51. The van der Waals surface area contributed by atoms with Crippen molar-refractivity contribution in [2.75, 3.05) is 0 Å². The third kappa shape index (κ3) is 4.33. The van der Waals surface area contributed by atoms with Crippen LogP contribution >= 0.6 is 22.6 Å². The SMILES string of the molecule is Cn1cnc(B(O)O)c1.Cn1cnc(I)c1. The van der Waals surface area contributed by atoms with Crippen molar-refractivity contribution in [3.8, 4) is 0 Å². The molecule has 0 amide bonds. The van der Waals surface area contributed by atoms with Crippen molar-refractivity contribution in [3.05, 3.63) is 28.7 Å². The predicted molar refractivity (Wildman–Crippen MR) is 69.0 cm³/mol. The van der Waals surface area contributed by atoms with Gasteiger partial charge in [0.2, 0.25) is 0 Å². The second-order valence-corrected chi connectivity index (χ2v) is 4.30. The third-order valence-corrected chi connectivity index (χ3v) is 2.22. The normalized spacial score (nSPS) is 9.56. The van der Waals surface area contributed by atoms with Crippen molar-refractivity contribution in [3.63, 3.8) is 0 Å². The molecule has 0 aromatic carbocycles. The summed E-state index contributed by atoms with van der Waals surface area (Å²) in [6.45, 7) is 0. The Kier molecular flexibility index (Phi) is 4.96. The molecule has 2 heterocycles. The number of hydrogen-bond donors (Lipinski definition) is 2. The quantitative estimate of drug-likeness (QED) is 0.525. The number of imidazole rings is 2. The first-order chi connectivity index (χ1) is 7.49. The van der Waals surface area contributed by atoms with Crippen LogP contribution in [0, 0.1) is 3.70 Å². The van der Waals surface area contributed by atoms with E-state index in [0.29, 0.717) is 0 Å². The Balaban J connectivity index is 0.000000165. The van der Waals surface area contributed by atoms with Crippen LogP contribution in [0.2, 0.25) is 0 Å². The number of rotatable bonds is 1. The molecule has 0 atom stereocenters. The maximum Gasteiger partial charge on any atom is 0.509 e. The van der Waals surface area contributed by atoms with Crippen LogP contribution in [0.1, 0.15) is 0 Å². The molecule has 0 aliphatic rings. The summed E-state index contributed by atoms with van der Waals surface area (Å²) in [7, 11) is 2.26. The molecule has 0 saturated carbocycles. The highest BCUT2D eigenvalue weighted by Crippen LogP contribution is 1.95. The number of halogens is 1. The number of aromatic nitrogens is 4. The molecule has 0 unspecified atom stereocenters. The van der Waals surface area contributed by atoms with Crippen molar-refractivity contribution >= 4 is 35.3 Å². The van der Waals surface area contributed by atoms with E-state index >= 15 is 0 Å². The highest BCUT2D eigenvalue weighted by atomic mass is 127. The van der Waals surface area contributed by atoms with Crippen LogP contribution in [-0.4, -0.2) is 36.3 Å². The minimum atomic E-state index is -1.45. The lowest BCUT2D eigenvalue weighted by Crippen LogP contribution is -2.30. The van der Waals surface area contributed by atoms with Gasteiger partial charge in [-0.15, -0.1) is 0 Å². The highest BCUT2D eigenvalue weighted by molar-refractivity contribution is 14.1. The van der Waals surface area contributed by atoms with Gasteiger partial charge in [0.15, 0.2) is 0 Å². The standard InChI is InChI=1S/C4H7BN2O2.C4H5IN2/c1-7-2-4(5(8)9)6-3-7;1-7-2-4(5)6-3-7/h2-3,8-9H,1H3;2-3H,1H3. The number of aryl methyl sites for hydroxylation is 2. The second kappa shape index (κ2) is 6.02. The van der Waals surface area contributed by atoms with E-state index in [-0.39, 0.29) is 5.59 Å². The molecule has 86 valence electrons. The fraction of sp³-hybridized carbons (Fsp3) is 0.250. The zero-order valence-electron chi connectivity index (χ0n) is 8.95. The van der Waals surface area contributed by atoms with E-state index in [1.807, 2.05) is 17.8 Å². The largest absolute Gasteiger partial charge is 0.509 e. The van der Waals surface area contributed by atoms with Crippen LogP contribution in [0.3, 0.4) is 0 Å². The Hall–Kier alpha value is -0.865. The van der Waals surface area contributed by atoms with Gasteiger partial charge in [-0.2, -0.15) is 0 Å². The van der Waals surface area contributed by atoms with Gasteiger partial charge in [-0.05, 0) is 22.6 Å². The topological polar surface area (TPSA) is 76.1 Å². The van der Waals surface area contributed by atoms with Crippen molar-refractivity contribution in [2.45, 2.75) is 0 Å². The Morgan fingerprint density at radius 1 is 1.12 bits per heavy atom. The van der Waals surface area contributed by atoms with Crippen molar-refractivity contribution in [2.24, 2.45) is 14.1 Å². The van der Waals surface area contributed by atoms with Crippen molar-refractivity contribution in [1.82, 2.24) is 19.1 Å². The zero-order valence-corrected chi connectivity index (χ0v) is 11.1. The van der Waals surface area contributed by atoms with Gasteiger partial charge in [0, 0.05) is 26.5 Å². The van der Waals surface area contributed by atoms with Crippen LogP contribution in [-0.2, 0) is 14.1 Å². The molecule has 16 heavy (non-hydrogen) atoms. The summed E-state index contributed by atoms with van der Waals surface area (Å²) in [6, 6.07) is 0. The summed E-state index contributed by atoms with van der Waals surface area (Å²) in [5, 5.41) is 17.0. The first-order valence-corrected chi connectivity index (χ1v) is 5.54. The van der Waals surface area contributed by atoms with Crippen LogP contribution < -0.4 is 5.59 Å². The van der Waals surface area contributed by atoms with E-state index in [9.17, 15) is 0 Å². The molecule has 2 rings (SSSR count). The lowest BCUT2D eigenvalue weighted by Gasteiger charge is -1.87. The summed E-state index contributed by atoms with van der Waals surface area (Å²) >= 11 is 2.17. The fourth-order valence-electron chi connectivity index (χ4n) is 0.947. The molecule has 0 spiro atoms. The van der Waals surface area contributed by atoms with E-state index in [4.69, 9.17) is 10.0 Å². The number of nitrogens with zero attached hydrogens (tertiary/aromatic N) is 4. The first-order valence-electron chi connectivity index (χ1n) is 4.46. The van der Waals surface area contributed by atoms with Gasteiger partial charge in [-0.25, -0.2) is 9.97 Å². The number of hydrogen-bond acceptors (Lipinski definition) is 4. The molecule has 0 aliphatic carbocycles. The molecule has 0 aliphatic heterocycles. The Bertz CT molecular complexity index is 426. The van der Waals surface area contributed by atoms with E-state index in [1.165, 1.54) is 6.33 Å². The van der Waals surface area contributed by atoms with Crippen molar-refractivity contribution in [1.29, 1.82) is 0 Å². The molecule has 2 aromatic heterocycles. The third-order valence-electron chi connectivity index (χ3n) is 1.66. The average Bonchev–Trinajstić information content (AvgIpc) is 2.76. The van der Waals surface area contributed by atoms with Gasteiger partial charge in [-0.3, -0.25) is 0 Å². The highest BCUT2D eigenvalue weighted by Gasteiger charge is 2.12. The summed E-state index contributed by atoms with van der Waals surface area (Å²) in [5.41, 5.74) is 0.275. The van der Waals surface area contributed by atoms with Gasteiger partial charge in [-0.1, -0.05) is 0 Å². The average molecular weight is 334 g/mol. The molecular formula is C8H12BIN4O2. The van der Waals surface area contributed by atoms with Gasteiger partial charge in [0.05, 0.1) is 18.2 Å². The Labute approximate surface area is 107 Å². The second-order valence-electron chi connectivity index (χ2n) is 3.20. The maximum atomic E-state index is 8.52. The van der Waals surface area contributed by atoms with Crippen LogP contribution in [0.15, 0.2) is 25.0 Å². The van der Waals surface area contributed by atoms with E-state index in [2.05, 4.69) is 32.6 Å². The molecule has 8 heteroatoms. The van der Waals surface area contributed by atoms with E-state index in [0.717, 1.165) is 3.70 Å². The Morgan fingerprint density at radius 3 is 1.88 bits per heavy atom. The Morgan fingerprint density at radius 2 is 1.69 bits per heavy atom. The first kappa shape index (κ1) is 13.2. The zero-order chi connectivity index (χ0) is 12.1. The van der Waals surface area contributed by atoms with Crippen LogP contribution in [0.4, 0.5) is 0 Å². The predicted octanol–water partition coefficient (Wildman–Crippen LogP) is -0.875. The van der Waals surface area contributed by atoms with E-state index in [1.54, 1.807) is 24.1 Å². The summed E-state index contributed by atoms with van der Waals surface area (Å²) in [4.78, 5) is 7.64. The lowest BCUT2D eigenvalue weighted by molar-refractivity contribution is 0.424. The summed E-state index contributed by atoms with van der Waals surface area (Å²) in [6.07, 6.45) is 6.79. The van der Waals surface area contributed by atoms with E-state index < -0.39 is 7.12 Å². The smallest absolute Gasteiger partial charge is 0.422 e. The molecule has 6 nitrogen and oxygen atoms in total. The molecule has 0 radical (unpaired) electrons. The van der Waals surface area contributed by atoms with Gasteiger partial charge >= 0.3 is 7.12 Å². The van der Waals surface area contributed by atoms with Gasteiger partial charge in [0.1, 0.15) is 3.70 Å². The maximum absolute atomic E-state index is 8.52. The van der Waals surface area contributed by atoms with Crippen LogP contribution in [0.5, 0.6) is 0 Å². The van der Waals surface area contributed by atoms with Crippen LogP contribution in [0.25, 0.3) is 0 Å². The molecule has 0 saturated heterocycles. The molecule has 2 N–H and O–H groups in total. The molecular weight excluding hydrogens is 322 g/mol. The summed E-state index contributed by atoms with van der Waals surface area (Å²) < 4.78 is 4.61. The monoisotopic (exact) mass is 334 g/mol. The molecule has 0 fully saturated rings.